The molecule has 0 radical (unpaired) electrons. The molecule has 0 bridgehead atoms. The van der Waals surface area contributed by atoms with Gasteiger partial charge in [0.25, 0.3) is 11.8 Å². The molecule has 1 heterocycles. The molecule has 1 N–H and O–H groups in total. The van der Waals surface area contributed by atoms with Crippen LogP contribution in [0.4, 0.5) is 5.69 Å². The van der Waals surface area contributed by atoms with Gasteiger partial charge in [0, 0.05) is 9.79 Å². The zero-order chi connectivity index (χ0) is 37.4. The lowest BCUT2D eigenvalue weighted by Crippen LogP contribution is -2.31. The molecule has 1 aliphatic rings. The van der Waals surface area contributed by atoms with Gasteiger partial charge in [0.2, 0.25) is 0 Å². The average Bonchev–Trinajstić information content (AvgIpc) is 3.39. The molecule has 53 heavy (non-hydrogen) atoms. The standard InChI is InChI=1S/C38H45NO12S2/c40-34(41)29-50-26-25-48-22-21-46-18-17-44-15-16-45-19-20-47-23-24-49-27-28-51-31-13-11-30(12-14-31)39-37(42)35(52-32-7-3-1-4-8-32)36(38(39)43)53-33-9-5-2-6-10-33/h1-14H,15-29H2,(H,40,41). The van der Waals surface area contributed by atoms with Gasteiger partial charge in [-0.15, -0.1) is 0 Å². The van der Waals surface area contributed by atoms with Gasteiger partial charge in [-0.3, -0.25) is 9.59 Å². The average molecular weight is 772 g/mol. The van der Waals surface area contributed by atoms with Gasteiger partial charge < -0.3 is 43.0 Å². The first-order chi connectivity index (χ1) is 26.0. The highest BCUT2D eigenvalue weighted by molar-refractivity contribution is 8.08. The van der Waals surface area contributed by atoms with Crippen LogP contribution in [0.25, 0.3) is 0 Å². The Morgan fingerprint density at radius 2 is 0.849 bits per heavy atom. The zero-order valence-electron chi connectivity index (χ0n) is 29.4. The third-order valence-corrected chi connectivity index (χ3v) is 9.29. The number of carboxylic acids is 1. The van der Waals surface area contributed by atoms with E-state index in [-0.39, 0.29) is 25.0 Å². The summed E-state index contributed by atoms with van der Waals surface area (Å²) in [4.78, 5) is 41.3. The number of thioether (sulfide) groups is 2. The number of carboxylic acid groups (broad SMARTS) is 1. The van der Waals surface area contributed by atoms with E-state index in [0.717, 1.165) is 9.79 Å². The lowest BCUT2D eigenvalue weighted by atomic mass is 10.3. The maximum Gasteiger partial charge on any atom is 0.329 e. The molecule has 3 aromatic rings. The normalized spacial score (nSPS) is 12.9. The third kappa shape index (κ3) is 16.0. The summed E-state index contributed by atoms with van der Waals surface area (Å²) in [6.45, 7) is 5.20. The van der Waals surface area contributed by atoms with Crippen molar-refractivity contribution in [3.8, 4) is 5.75 Å². The van der Waals surface area contributed by atoms with Gasteiger partial charge in [0.1, 0.15) is 19.0 Å². The number of imide groups is 1. The molecule has 0 unspecified atom stereocenters. The van der Waals surface area contributed by atoms with E-state index in [0.29, 0.717) is 107 Å². The molecule has 1 aliphatic heterocycles. The molecule has 15 heteroatoms. The van der Waals surface area contributed by atoms with Crippen LogP contribution < -0.4 is 9.64 Å². The van der Waals surface area contributed by atoms with Gasteiger partial charge in [-0.1, -0.05) is 59.9 Å². The second kappa shape index (κ2) is 25.3. The van der Waals surface area contributed by atoms with Crippen molar-refractivity contribution in [2.45, 2.75) is 9.79 Å². The summed E-state index contributed by atoms with van der Waals surface area (Å²) in [7, 11) is 0. The van der Waals surface area contributed by atoms with Gasteiger partial charge >= 0.3 is 5.97 Å². The van der Waals surface area contributed by atoms with Crippen LogP contribution >= 0.6 is 23.5 Å². The van der Waals surface area contributed by atoms with Gasteiger partial charge in [0.15, 0.2) is 0 Å². The van der Waals surface area contributed by atoms with Gasteiger partial charge in [-0.25, -0.2) is 9.69 Å². The van der Waals surface area contributed by atoms with Crippen LogP contribution in [0.15, 0.2) is 105 Å². The van der Waals surface area contributed by atoms with Crippen molar-refractivity contribution < 1.29 is 57.4 Å². The molecule has 0 aliphatic carbocycles. The Hall–Kier alpha value is -3.77. The minimum Gasteiger partial charge on any atom is -0.491 e. The van der Waals surface area contributed by atoms with Crippen LogP contribution in [0, 0.1) is 0 Å². The predicted molar refractivity (Wildman–Crippen MR) is 199 cm³/mol. The third-order valence-electron chi connectivity index (χ3n) is 6.98. The smallest absolute Gasteiger partial charge is 0.329 e. The minimum atomic E-state index is -1.01. The minimum absolute atomic E-state index is 0.228. The number of aliphatic carboxylic acids is 1. The van der Waals surface area contributed by atoms with E-state index in [1.807, 2.05) is 60.7 Å². The van der Waals surface area contributed by atoms with Crippen molar-refractivity contribution in [1.82, 2.24) is 0 Å². The molecule has 0 fully saturated rings. The summed E-state index contributed by atoms with van der Waals surface area (Å²) >= 11 is 2.59. The fraction of sp³-hybridized carbons (Fsp3) is 0.395. The maximum absolute atomic E-state index is 13.6. The Labute approximate surface area is 317 Å². The molecular formula is C38H45NO12S2. The van der Waals surface area contributed by atoms with E-state index in [1.54, 1.807) is 24.3 Å². The number of amides is 2. The summed E-state index contributed by atoms with van der Waals surface area (Å²) in [5.41, 5.74) is 0.469. The summed E-state index contributed by atoms with van der Waals surface area (Å²) in [5.74, 6) is -1.12. The number of benzene rings is 3. The van der Waals surface area contributed by atoms with Crippen LogP contribution in [0.5, 0.6) is 5.75 Å². The maximum atomic E-state index is 13.6. The molecule has 3 aromatic carbocycles. The molecule has 4 rings (SSSR count). The van der Waals surface area contributed by atoms with Crippen molar-refractivity contribution in [2.24, 2.45) is 0 Å². The Kier molecular flexibility index (Phi) is 20.0. The number of ether oxygens (including phenoxy) is 8. The van der Waals surface area contributed by atoms with Crippen LogP contribution in [-0.2, 0) is 47.5 Å². The van der Waals surface area contributed by atoms with Crippen LogP contribution in [0.3, 0.4) is 0 Å². The van der Waals surface area contributed by atoms with Crippen LogP contribution in [0.2, 0.25) is 0 Å². The van der Waals surface area contributed by atoms with Crippen molar-refractivity contribution in [3.05, 3.63) is 94.7 Å². The molecule has 2 amide bonds. The molecule has 286 valence electrons. The quantitative estimate of drug-likeness (QED) is 0.0751. The first kappa shape index (κ1) is 42.0. The predicted octanol–water partition coefficient (Wildman–Crippen LogP) is 4.94. The summed E-state index contributed by atoms with van der Waals surface area (Å²) in [6.07, 6.45) is 0. The number of nitrogens with zero attached hydrogens (tertiary/aromatic N) is 1. The van der Waals surface area contributed by atoms with E-state index in [4.69, 9.17) is 43.0 Å². The Bertz CT molecular complexity index is 1480. The molecule has 0 saturated heterocycles. The van der Waals surface area contributed by atoms with E-state index < -0.39 is 5.97 Å². The van der Waals surface area contributed by atoms with E-state index in [9.17, 15) is 14.4 Å². The Morgan fingerprint density at radius 3 is 1.23 bits per heavy atom. The first-order valence-electron chi connectivity index (χ1n) is 17.1. The number of anilines is 1. The fourth-order valence-electron chi connectivity index (χ4n) is 4.51. The summed E-state index contributed by atoms with van der Waals surface area (Å²) in [6, 6.07) is 26.0. The number of carbonyl (C=O) groups excluding carboxylic acids is 2. The number of hydrogen-bond acceptors (Lipinski definition) is 13. The van der Waals surface area contributed by atoms with E-state index in [1.165, 1.54) is 28.4 Å². The van der Waals surface area contributed by atoms with Crippen molar-refractivity contribution >= 4 is 47.0 Å². The number of carbonyl (C=O) groups is 3. The molecule has 0 aromatic heterocycles. The van der Waals surface area contributed by atoms with Crippen LogP contribution in [-0.4, -0.2) is 122 Å². The van der Waals surface area contributed by atoms with Gasteiger partial charge in [-0.2, -0.15) is 0 Å². The highest BCUT2D eigenvalue weighted by atomic mass is 32.2. The molecule has 13 nitrogen and oxygen atoms in total. The number of rotatable bonds is 29. The summed E-state index contributed by atoms with van der Waals surface area (Å²) in [5, 5.41) is 8.45. The van der Waals surface area contributed by atoms with Crippen molar-refractivity contribution in [2.75, 3.05) is 104 Å². The zero-order valence-corrected chi connectivity index (χ0v) is 31.0. The molecule has 0 saturated carbocycles. The monoisotopic (exact) mass is 771 g/mol. The lowest BCUT2D eigenvalue weighted by molar-refractivity contribution is -0.142. The van der Waals surface area contributed by atoms with Gasteiger partial charge in [0.05, 0.1) is 101 Å². The molecular weight excluding hydrogens is 727 g/mol. The second-order valence-corrected chi connectivity index (χ2v) is 13.1. The largest absolute Gasteiger partial charge is 0.491 e. The fourth-order valence-corrected chi connectivity index (χ4v) is 6.53. The summed E-state index contributed by atoms with van der Waals surface area (Å²) < 4.78 is 43.3. The number of hydrogen-bond donors (Lipinski definition) is 1. The van der Waals surface area contributed by atoms with E-state index in [2.05, 4.69) is 0 Å². The van der Waals surface area contributed by atoms with Crippen LogP contribution in [0.1, 0.15) is 0 Å². The van der Waals surface area contributed by atoms with Gasteiger partial charge in [-0.05, 0) is 48.5 Å². The Morgan fingerprint density at radius 1 is 0.491 bits per heavy atom. The topological polar surface area (TPSA) is 149 Å². The molecule has 0 spiro atoms. The van der Waals surface area contributed by atoms with E-state index >= 15 is 0 Å². The second-order valence-electron chi connectivity index (χ2n) is 10.9. The first-order valence-corrected chi connectivity index (χ1v) is 18.7. The van der Waals surface area contributed by atoms with Crippen molar-refractivity contribution in [3.63, 3.8) is 0 Å². The molecule has 0 atom stereocenters. The lowest BCUT2D eigenvalue weighted by Gasteiger charge is -2.16. The highest BCUT2D eigenvalue weighted by Gasteiger charge is 2.40. The Balaban J connectivity index is 1.01. The highest BCUT2D eigenvalue weighted by Crippen LogP contribution is 2.43. The van der Waals surface area contributed by atoms with Crippen molar-refractivity contribution in [1.29, 1.82) is 0 Å². The SMILES string of the molecule is O=C(O)COCCOCCOCCOCCOCCOCCOCCOc1ccc(N2C(=O)C(Sc3ccccc3)=C(Sc3ccccc3)C2=O)cc1.